The Morgan fingerprint density at radius 1 is 1.22 bits per heavy atom. The number of anilines is 1. The monoisotopic (exact) mass is 518 g/mol. The van der Waals surface area contributed by atoms with Crippen molar-refractivity contribution in [3.8, 4) is 0 Å². The Bertz CT molecular complexity index is 764. The van der Waals surface area contributed by atoms with Crippen LogP contribution in [0.15, 0.2) is 55.1 Å². The van der Waals surface area contributed by atoms with Crippen LogP contribution in [0.2, 0.25) is 10.0 Å². The molecule has 0 radical (unpaired) electrons. The molecule has 1 atom stereocenters. The van der Waals surface area contributed by atoms with Gasteiger partial charge in [-0.2, -0.15) is 0 Å². The maximum atomic E-state index is 11.6. The van der Waals surface area contributed by atoms with E-state index in [2.05, 4.69) is 58.8 Å². The van der Waals surface area contributed by atoms with Gasteiger partial charge in [0.05, 0.1) is 5.69 Å². The highest BCUT2D eigenvalue weighted by Gasteiger charge is 2.16. The van der Waals surface area contributed by atoms with Crippen LogP contribution in [0.4, 0.5) is 10.5 Å². The number of hydrogen-bond donors (Lipinski definition) is 2. The van der Waals surface area contributed by atoms with Crippen molar-refractivity contribution < 1.29 is 9.90 Å². The van der Waals surface area contributed by atoms with Gasteiger partial charge in [0.1, 0.15) is 0 Å². The molecule has 2 rings (SSSR count). The quantitative estimate of drug-likeness (QED) is 0.242. The first-order valence-corrected chi connectivity index (χ1v) is 10.3. The topological polar surface area (TPSA) is 52.6 Å². The van der Waals surface area contributed by atoms with Gasteiger partial charge in [-0.3, -0.25) is 4.90 Å². The predicted molar refractivity (Wildman–Crippen MR) is 121 cm³/mol. The minimum atomic E-state index is -1.05. The molecule has 7 heteroatoms. The molecule has 1 unspecified atom stereocenters. The molecular weight excluding hydrogens is 498 g/mol. The molecule has 144 valence electrons. The van der Waals surface area contributed by atoms with Crippen molar-refractivity contribution in [1.82, 2.24) is 5.32 Å². The van der Waals surface area contributed by atoms with Crippen LogP contribution in [0.3, 0.4) is 0 Å². The summed E-state index contributed by atoms with van der Waals surface area (Å²) in [7, 11) is 0. The number of benzene rings is 2. The molecular formula is C20H21Cl2IN2O2. The Kier molecular flexibility index (Phi) is 8.89. The molecule has 0 aliphatic heterocycles. The number of rotatable bonds is 9. The third kappa shape index (κ3) is 6.99. The largest absolute Gasteiger partial charge is 0.465 e. The summed E-state index contributed by atoms with van der Waals surface area (Å²) in [4.78, 5) is 12.8. The van der Waals surface area contributed by atoms with Gasteiger partial charge in [0.15, 0.2) is 0 Å². The van der Waals surface area contributed by atoms with Gasteiger partial charge in [-0.25, -0.2) is 4.79 Å². The molecule has 27 heavy (non-hydrogen) atoms. The number of hydrogen-bond acceptors (Lipinski definition) is 2. The standard InChI is InChI=1S/C20H21Cl2IN2O2/c1-2-3-15(14-4-6-18(23)7-5-14)13-24-8-9-25(20(26)27)19-11-16(21)10-17(22)12-19/h2,4-7,10-12,15,24H,1,3,8-9,13H2,(H,26,27). The molecule has 0 aliphatic rings. The van der Waals surface area contributed by atoms with E-state index in [0.717, 1.165) is 13.0 Å². The molecule has 2 N–H and O–H groups in total. The third-order valence-electron chi connectivity index (χ3n) is 4.09. The molecule has 0 aromatic heterocycles. The Labute approximate surface area is 183 Å². The minimum Gasteiger partial charge on any atom is -0.465 e. The summed E-state index contributed by atoms with van der Waals surface area (Å²) >= 11 is 14.3. The fraction of sp³-hybridized carbons (Fsp3) is 0.250. The van der Waals surface area contributed by atoms with E-state index in [0.29, 0.717) is 34.7 Å². The Morgan fingerprint density at radius 3 is 2.41 bits per heavy atom. The molecule has 0 spiro atoms. The average Bonchev–Trinajstić information content (AvgIpc) is 2.60. The molecule has 0 aliphatic carbocycles. The lowest BCUT2D eigenvalue weighted by Crippen LogP contribution is -2.37. The number of nitrogens with one attached hydrogen (secondary N) is 1. The predicted octanol–water partition coefficient (Wildman–Crippen LogP) is 6.03. The van der Waals surface area contributed by atoms with Crippen LogP contribution in [0, 0.1) is 3.57 Å². The van der Waals surface area contributed by atoms with Gasteiger partial charge < -0.3 is 10.4 Å². The van der Waals surface area contributed by atoms with Crippen LogP contribution in [-0.2, 0) is 0 Å². The molecule has 2 aromatic carbocycles. The zero-order valence-corrected chi connectivity index (χ0v) is 18.3. The van der Waals surface area contributed by atoms with Crippen molar-refractivity contribution in [3.05, 3.63) is 74.3 Å². The Hall–Kier alpha value is -1.28. The molecule has 0 saturated heterocycles. The van der Waals surface area contributed by atoms with Gasteiger partial charge in [-0.05, 0) is 70.8 Å². The highest BCUT2D eigenvalue weighted by Crippen LogP contribution is 2.25. The van der Waals surface area contributed by atoms with Crippen LogP contribution in [-0.4, -0.2) is 30.8 Å². The SMILES string of the molecule is C=CCC(CNCCN(C(=O)O)c1cc(Cl)cc(Cl)c1)c1ccc(I)cc1. The van der Waals surface area contributed by atoms with Crippen LogP contribution < -0.4 is 10.2 Å². The molecule has 0 heterocycles. The second-order valence-corrected chi connectivity index (χ2v) is 8.16. The number of amides is 1. The van der Waals surface area contributed by atoms with E-state index in [1.807, 2.05) is 6.08 Å². The molecule has 2 aromatic rings. The molecule has 0 saturated carbocycles. The highest BCUT2D eigenvalue weighted by molar-refractivity contribution is 14.1. The van der Waals surface area contributed by atoms with Crippen LogP contribution in [0.25, 0.3) is 0 Å². The Balaban J connectivity index is 1.96. The van der Waals surface area contributed by atoms with E-state index in [1.165, 1.54) is 14.0 Å². The number of carboxylic acid groups (broad SMARTS) is 1. The van der Waals surface area contributed by atoms with Crippen molar-refractivity contribution in [2.75, 3.05) is 24.5 Å². The van der Waals surface area contributed by atoms with Crippen molar-refractivity contribution in [2.24, 2.45) is 0 Å². The highest BCUT2D eigenvalue weighted by atomic mass is 127. The maximum Gasteiger partial charge on any atom is 0.411 e. The smallest absolute Gasteiger partial charge is 0.411 e. The summed E-state index contributed by atoms with van der Waals surface area (Å²) in [5, 5.41) is 13.7. The molecule has 0 fully saturated rings. The zero-order chi connectivity index (χ0) is 19.8. The normalized spacial score (nSPS) is 11.8. The number of halogens is 3. The minimum absolute atomic E-state index is 0.290. The van der Waals surface area contributed by atoms with Crippen LogP contribution >= 0.6 is 45.8 Å². The van der Waals surface area contributed by atoms with E-state index in [4.69, 9.17) is 23.2 Å². The van der Waals surface area contributed by atoms with E-state index in [9.17, 15) is 9.90 Å². The Morgan fingerprint density at radius 2 is 1.85 bits per heavy atom. The van der Waals surface area contributed by atoms with E-state index < -0.39 is 6.09 Å². The lowest BCUT2D eigenvalue weighted by Gasteiger charge is -2.21. The van der Waals surface area contributed by atoms with Crippen molar-refractivity contribution >= 4 is 57.6 Å². The van der Waals surface area contributed by atoms with Crippen LogP contribution in [0.1, 0.15) is 17.9 Å². The fourth-order valence-corrected chi connectivity index (χ4v) is 3.64. The van der Waals surface area contributed by atoms with Gasteiger partial charge in [0.25, 0.3) is 0 Å². The van der Waals surface area contributed by atoms with Crippen LogP contribution in [0.5, 0.6) is 0 Å². The summed E-state index contributed by atoms with van der Waals surface area (Å²) in [5.41, 5.74) is 1.70. The lowest BCUT2D eigenvalue weighted by molar-refractivity contribution is 0.202. The first-order valence-electron chi connectivity index (χ1n) is 8.44. The fourth-order valence-electron chi connectivity index (χ4n) is 2.77. The van der Waals surface area contributed by atoms with Gasteiger partial charge >= 0.3 is 6.09 Å². The second-order valence-electron chi connectivity index (χ2n) is 6.04. The van der Waals surface area contributed by atoms with Gasteiger partial charge in [0.2, 0.25) is 0 Å². The summed E-state index contributed by atoms with van der Waals surface area (Å²) in [6, 6.07) is 13.2. The number of carbonyl (C=O) groups is 1. The van der Waals surface area contributed by atoms with Gasteiger partial charge in [0, 0.05) is 33.2 Å². The first-order chi connectivity index (χ1) is 12.9. The van der Waals surface area contributed by atoms with Crippen molar-refractivity contribution in [2.45, 2.75) is 12.3 Å². The zero-order valence-electron chi connectivity index (χ0n) is 14.7. The molecule has 0 bridgehead atoms. The lowest BCUT2D eigenvalue weighted by atomic mass is 9.96. The summed E-state index contributed by atoms with van der Waals surface area (Å²) < 4.78 is 1.19. The second kappa shape index (κ2) is 10.9. The number of allylic oxidation sites excluding steroid dienone is 1. The average molecular weight is 519 g/mol. The molecule has 4 nitrogen and oxygen atoms in total. The number of nitrogens with zero attached hydrogens (tertiary/aromatic N) is 1. The van der Waals surface area contributed by atoms with Gasteiger partial charge in [-0.1, -0.05) is 41.4 Å². The van der Waals surface area contributed by atoms with E-state index in [-0.39, 0.29) is 0 Å². The summed E-state index contributed by atoms with van der Waals surface area (Å²) in [6.45, 7) is 5.37. The van der Waals surface area contributed by atoms with Crippen molar-refractivity contribution in [1.29, 1.82) is 0 Å². The first kappa shape index (κ1) is 22.0. The molecule has 1 amide bonds. The van der Waals surface area contributed by atoms with E-state index in [1.54, 1.807) is 18.2 Å². The van der Waals surface area contributed by atoms with E-state index >= 15 is 0 Å². The summed E-state index contributed by atoms with van der Waals surface area (Å²) in [6.07, 6.45) is 1.71. The maximum absolute atomic E-state index is 11.6. The van der Waals surface area contributed by atoms with Crippen molar-refractivity contribution in [3.63, 3.8) is 0 Å². The van der Waals surface area contributed by atoms with Gasteiger partial charge in [-0.15, -0.1) is 6.58 Å². The third-order valence-corrected chi connectivity index (χ3v) is 5.24. The summed E-state index contributed by atoms with van der Waals surface area (Å²) in [5.74, 6) is 0.290.